The number of hydrogen-bond donors (Lipinski definition) is 0. The van der Waals surface area contributed by atoms with E-state index in [1.165, 1.54) is 5.56 Å². The number of piperidine rings is 1. The van der Waals surface area contributed by atoms with Crippen molar-refractivity contribution in [2.45, 2.75) is 59.1 Å². The molecule has 2 heterocycles. The number of amides is 1. The van der Waals surface area contributed by atoms with Crippen molar-refractivity contribution in [2.75, 3.05) is 13.1 Å². The van der Waals surface area contributed by atoms with Crippen LogP contribution in [0.25, 0.3) is 11.0 Å². The molecule has 0 unspecified atom stereocenters. The molecule has 0 spiro atoms. The van der Waals surface area contributed by atoms with Gasteiger partial charge in [0.2, 0.25) is 5.91 Å². The molecule has 31 heavy (non-hydrogen) atoms. The van der Waals surface area contributed by atoms with Crippen LogP contribution in [0.15, 0.2) is 48.5 Å². The summed E-state index contributed by atoms with van der Waals surface area (Å²) in [5.41, 5.74) is 3.25. The Hall–Kier alpha value is -2.82. The Morgan fingerprint density at radius 2 is 1.74 bits per heavy atom. The normalized spacial score (nSPS) is 15.4. The van der Waals surface area contributed by atoms with Crippen molar-refractivity contribution in [1.82, 2.24) is 14.5 Å². The molecule has 5 heteroatoms. The standard InChI is InChI=1S/C26H33N3O2/c1-19-13-15-28(16-14-19)25(30)17-29-23-8-6-5-7-22(23)27-24(29)18-31-21-11-9-20(10-12-21)26(2,3)4/h5-12,19H,13-18H2,1-4H3. The molecular weight excluding hydrogens is 386 g/mol. The second-order valence-corrected chi connectivity index (χ2v) is 9.73. The van der Waals surface area contributed by atoms with Crippen LogP contribution in [0, 0.1) is 5.92 Å². The number of ether oxygens (including phenoxy) is 1. The molecule has 1 amide bonds. The van der Waals surface area contributed by atoms with E-state index < -0.39 is 0 Å². The Morgan fingerprint density at radius 3 is 2.42 bits per heavy atom. The molecular formula is C26H33N3O2. The molecule has 0 saturated carbocycles. The van der Waals surface area contributed by atoms with E-state index in [4.69, 9.17) is 9.72 Å². The van der Waals surface area contributed by atoms with Gasteiger partial charge in [-0.25, -0.2) is 4.98 Å². The number of rotatable bonds is 5. The maximum atomic E-state index is 13.0. The molecule has 0 atom stereocenters. The van der Waals surface area contributed by atoms with Gasteiger partial charge in [-0.05, 0) is 54.0 Å². The minimum Gasteiger partial charge on any atom is -0.486 e. The SMILES string of the molecule is CC1CCN(C(=O)Cn2c(COc3ccc(C(C)(C)C)cc3)nc3ccccc32)CC1. The molecule has 1 aliphatic rings. The molecule has 0 radical (unpaired) electrons. The molecule has 1 aliphatic heterocycles. The average Bonchev–Trinajstić information content (AvgIpc) is 3.10. The minimum atomic E-state index is 0.110. The first-order valence-electron chi connectivity index (χ1n) is 11.3. The molecule has 0 aliphatic carbocycles. The lowest BCUT2D eigenvalue weighted by atomic mass is 9.87. The molecule has 1 saturated heterocycles. The van der Waals surface area contributed by atoms with Crippen LogP contribution in [0.4, 0.5) is 0 Å². The van der Waals surface area contributed by atoms with Crippen LogP contribution in [0.2, 0.25) is 0 Å². The van der Waals surface area contributed by atoms with Crippen molar-refractivity contribution in [2.24, 2.45) is 5.92 Å². The molecule has 4 rings (SSSR count). The van der Waals surface area contributed by atoms with Gasteiger partial charge in [0, 0.05) is 13.1 Å². The molecule has 1 fully saturated rings. The summed E-state index contributed by atoms with van der Waals surface area (Å²) < 4.78 is 8.08. The van der Waals surface area contributed by atoms with Gasteiger partial charge >= 0.3 is 0 Å². The lowest BCUT2D eigenvalue weighted by molar-refractivity contribution is -0.133. The Balaban J connectivity index is 1.51. The van der Waals surface area contributed by atoms with Gasteiger partial charge in [-0.3, -0.25) is 4.79 Å². The lowest BCUT2D eigenvalue weighted by Gasteiger charge is -2.30. The van der Waals surface area contributed by atoms with Crippen LogP contribution in [-0.2, 0) is 23.4 Å². The molecule has 3 aromatic rings. The number of likely N-dealkylation sites (tertiary alicyclic amines) is 1. The third-order valence-electron chi connectivity index (χ3n) is 6.25. The van der Waals surface area contributed by atoms with Crippen LogP contribution in [0.3, 0.4) is 0 Å². The van der Waals surface area contributed by atoms with Crippen molar-refractivity contribution in [3.63, 3.8) is 0 Å². The lowest BCUT2D eigenvalue weighted by Crippen LogP contribution is -2.40. The zero-order valence-corrected chi connectivity index (χ0v) is 19.1. The van der Waals surface area contributed by atoms with E-state index in [0.717, 1.165) is 48.5 Å². The highest BCUT2D eigenvalue weighted by molar-refractivity contribution is 5.81. The van der Waals surface area contributed by atoms with E-state index in [0.29, 0.717) is 19.1 Å². The molecule has 0 N–H and O–H groups in total. The summed E-state index contributed by atoms with van der Waals surface area (Å²) in [5, 5.41) is 0. The van der Waals surface area contributed by atoms with Crippen molar-refractivity contribution in [1.29, 1.82) is 0 Å². The molecule has 5 nitrogen and oxygen atoms in total. The zero-order chi connectivity index (χ0) is 22.0. The highest BCUT2D eigenvalue weighted by Gasteiger charge is 2.22. The Kier molecular flexibility index (Phi) is 6.03. The highest BCUT2D eigenvalue weighted by Crippen LogP contribution is 2.25. The first-order chi connectivity index (χ1) is 14.8. The number of para-hydroxylation sites is 2. The molecule has 164 valence electrons. The van der Waals surface area contributed by atoms with Crippen molar-refractivity contribution >= 4 is 16.9 Å². The molecule has 1 aromatic heterocycles. The fourth-order valence-electron chi connectivity index (χ4n) is 4.10. The number of carbonyl (C=O) groups excluding carboxylic acids is 1. The highest BCUT2D eigenvalue weighted by atomic mass is 16.5. The smallest absolute Gasteiger partial charge is 0.242 e. The largest absolute Gasteiger partial charge is 0.486 e. The topological polar surface area (TPSA) is 47.4 Å². The van der Waals surface area contributed by atoms with Gasteiger partial charge in [0.1, 0.15) is 24.7 Å². The van der Waals surface area contributed by atoms with Crippen LogP contribution in [-0.4, -0.2) is 33.4 Å². The Morgan fingerprint density at radius 1 is 1.06 bits per heavy atom. The number of carbonyl (C=O) groups is 1. The van der Waals surface area contributed by atoms with Gasteiger partial charge in [-0.1, -0.05) is 52.0 Å². The Bertz CT molecular complexity index is 1040. The second-order valence-electron chi connectivity index (χ2n) is 9.73. The molecule has 0 bridgehead atoms. The number of nitrogens with zero attached hydrogens (tertiary/aromatic N) is 3. The van der Waals surface area contributed by atoms with Crippen molar-refractivity contribution in [3.8, 4) is 5.75 Å². The first-order valence-corrected chi connectivity index (χ1v) is 11.3. The summed E-state index contributed by atoms with van der Waals surface area (Å²) in [6.07, 6.45) is 2.16. The predicted molar refractivity (Wildman–Crippen MR) is 124 cm³/mol. The predicted octanol–water partition coefficient (Wildman–Crippen LogP) is 5.17. The summed E-state index contributed by atoms with van der Waals surface area (Å²) in [6.45, 7) is 11.2. The van der Waals surface area contributed by atoms with E-state index in [-0.39, 0.29) is 11.3 Å². The van der Waals surface area contributed by atoms with Gasteiger partial charge in [0.25, 0.3) is 0 Å². The first kappa shape index (κ1) is 21.4. The van der Waals surface area contributed by atoms with Gasteiger partial charge in [0.05, 0.1) is 11.0 Å². The van der Waals surface area contributed by atoms with Gasteiger partial charge in [-0.15, -0.1) is 0 Å². The summed E-state index contributed by atoms with van der Waals surface area (Å²) in [6, 6.07) is 16.2. The van der Waals surface area contributed by atoms with Gasteiger partial charge in [-0.2, -0.15) is 0 Å². The fourth-order valence-corrected chi connectivity index (χ4v) is 4.10. The number of fused-ring (bicyclic) bond motifs is 1. The van der Waals surface area contributed by atoms with Gasteiger partial charge in [0.15, 0.2) is 0 Å². The monoisotopic (exact) mass is 419 g/mol. The van der Waals surface area contributed by atoms with E-state index >= 15 is 0 Å². The maximum absolute atomic E-state index is 13.0. The van der Waals surface area contributed by atoms with Crippen molar-refractivity contribution < 1.29 is 9.53 Å². The van der Waals surface area contributed by atoms with Crippen molar-refractivity contribution in [3.05, 3.63) is 59.9 Å². The third-order valence-corrected chi connectivity index (χ3v) is 6.25. The van der Waals surface area contributed by atoms with Crippen LogP contribution in [0.1, 0.15) is 51.9 Å². The van der Waals surface area contributed by atoms with E-state index in [2.05, 4.69) is 39.8 Å². The summed E-state index contributed by atoms with van der Waals surface area (Å²) >= 11 is 0. The second kappa shape index (κ2) is 8.74. The van der Waals surface area contributed by atoms with Gasteiger partial charge < -0.3 is 14.2 Å². The number of hydrogen-bond acceptors (Lipinski definition) is 3. The number of benzene rings is 2. The molecule has 2 aromatic carbocycles. The maximum Gasteiger partial charge on any atom is 0.242 e. The van der Waals surface area contributed by atoms with E-state index in [9.17, 15) is 4.79 Å². The minimum absolute atomic E-state index is 0.110. The number of imidazole rings is 1. The quantitative estimate of drug-likeness (QED) is 0.573. The average molecular weight is 420 g/mol. The number of aromatic nitrogens is 2. The summed E-state index contributed by atoms with van der Waals surface area (Å²) in [4.78, 5) is 19.8. The fraction of sp³-hybridized carbons (Fsp3) is 0.462. The third kappa shape index (κ3) is 4.92. The summed E-state index contributed by atoms with van der Waals surface area (Å²) in [5.74, 6) is 2.44. The van der Waals surface area contributed by atoms with Crippen LogP contribution in [0.5, 0.6) is 5.75 Å². The van der Waals surface area contributed by atoms with Crippen LogP contribution >= 0.6 is 0 Å². The van der Waals surface area contributed by atoms with E-state index in [1.807, 2.05) is 45.9 Å². The zero-order valence-electron chi connectivity index (χ0n) is 19.1. The summed E-state index contributed by atoms with van der Waals surface area (Å²) in [7, 11) is 0. The van der Waals surface area contributed by atoms with E-state index in [1.54, 1.807) is 0 Å². The van der Waals surface area contributed by atoms with Crippen LogP contribution < -0.4 is 4.74 Å². The Labute approximate surface area is 185 Å².